The van der Waals surface area contributed by atoms with Crippen LogP contribution in [0, 0.1) is 6.92 Å². The van der Waals surface area contributed by atoms with Gasteiger partial charge in [-0.05, 0) is 19.4 Å². The Hall–Kier alpha value is -0.470. The van der Waals surface area contributed by atoms with Gasteiger partial charge in [-0.1, -0.05) is 43.7 Å². The van der Waals surface area contributed by atoms with Crippen molar-refractivity contribution in [3.63, 3.8) is 0 Å². The minimum absolute atomic E-state index is 0.289. The predicted molar refractivity (Wildman–Crippen MR) is 68.7 cm³/mol. The molecule has 1 nitrogen and oxygen atoms in total. The van der Waals surface area contributed by atoms with Gasteiger partial charge in [0.2, 0.25) is 0 Å². The van der Waals surface area contributed by atoms with Crippen LogP contribution in [0.5, 0.6) is 0 Å². The minimum Gasteiger partial charge on any atom is -0.388 e. The maximum Gasteiger partial charge on any atom is 0.0797 e. The second-order valence-corrected chi connectivity index (χ2v) is 5.24. The van der Waals surface area contributed by atoms with Crippen LogP contribution in [-0.4, -0.2) is 16.5 Å². The number of hydrogen-bond acceptors (Lipinski definition) is 2. The standard InChI is InChI=1S/C13H20OS/c1-10-5-7-11(8-6-10)12(2,3)13(4,14)9-15/h5-8,14-15H,9H2,1-4H3. The molecule has 0 radical (unpaired) electrons. The number of aryl methyl sites for hydroxylation is 1. The van der Waals surface area contributed by atoms with E-state index < -0.39 is 5.60 Å². The number of rotatable bonds is 3. The van der Waals surface area contributed by atoms with E-state index in [4.69, 9.17) is 0 Å². The smallest absolute Gasteiger partial charge is 0.0797 e. The van der Waals surface area contributed by atoms with Crippen molar-refractivity contribution >= 4 is 12.6 Å². The molecule has 1 aromatic rings. The lowest BCUT2D eigenvalue weighted by Crippen LogP contribution is -2.46. The number of hydrogen-bond donors (Lipinski definition) is 2. The van der Waals surface area contributed by atoms with Crippen LogP contribution in [0.3, 0.4) is 0 Å². The zero-order chi connectivity index (χ0) is 11.7. The average Bonchev–Trinajstić information content (AvgIpc) is 2.18. The van der Waals surface area contributed by atoms with E-state index in [1.54, 1.807) is 0 Å². The molecular formula is C13H20OS. The van der Waals surface area contributed by atoms with Gasteiger partial charge in [0.05, 0.1) is 5.60 Å². The molecule has 1 aromatic carbocycles. The van der Waals surface area contributed by atoms with Crippen LogP contribution in [0.25, 0.3) is 0 Å². The summed E-state index contributed by atoms with van der Waals surface area (Å²) < 4.78 is 0. The van der Waals surface area contributed by atoms with E-state index in [1.807, 2.05) is 20.8 Å². The normalized spacial score (nSPS) is 16.1. The number of thiol groups is 1. The summed E-state index contributed by atoms with van der Waals surface area (Å²) in [5, 5.41) is 10.3. The molecule has 0 saturated carbocycles. The highest BCUT2D eigenvalue weighted by molar-refractivity contribution is 7.80. The predicted octanol–water partition coefficient (Wildman–Crippen LogP) is 2.95. The van der Waals surface area contributed by atoms with Crippen LogP contribution >= 0.6 is 12.6 Å². The first-order valence-electron chi connectivity index (χ1n) is 5.21. The van der Waals surface area contributed by atoms with Gasteiger partial charge in [0.1, 0.15) is 0 Å². The van der Waals surface area contributed by atoms with Crippen LogP contribution in [0.15, 0.2) is 24.3 Å². The molecule has 84 valence electrons. The molecule has 0 aliphatic heterocycles. The molecule has 15 heavy (non-hydrogen) atoms. The zero-order valence-corrected chi connectivity index (χ0v) is 10.8. The minimum atomic E-state index is -0.800. The Bertz CT molecular complexity index is 325. The maximum absolute atomic E-state index is 10.3. The van der Waals surface area contributed by atoms with Gasteiger partial charge in [-0.25, -0.2) is 0 Å². The fraction of sp³-hybridized carbons (Fsp3) is 0.538. The molecule has 0 bridgehead atoms. The summed E-state index contributed by atoms with van der Waals surface area (Å²) in [6.45, 7) is 8.00. The third-order valence-electron chi connectivity index (χ3n) is 3.43. The van der Waals surface area contributed by atoms with Crippen molar-refractivity contribution in [2.75, 3.05) is 5.75 Å². The number of aliphatic hydroxyl groups is 1. The van der Waals surface area contributed by atoms with E-state index in [0.29, 0.717) is 5.75 Å². The van der Waals surface area contributed by atoms with Gasteiger partial charge in [0.25, 0.3) is 0 Å². The van der Waals surface area contributed by atoms with Crippen LogP contribution < -0.4 is 0 Å². The van der Waals surface area contributed by atoms with Crippen LogP contribution in [0.1, 0.15) is 31.9 Å². The zero-order valence-electron chi connectivity index (χ0n) is 9.91. The second-order valence-electron chi connectivity index (χ2n) is 4.92. The van der Waals surface area contributed by atoms with Crippen molar-refractivity contribution in [3.8, 4) is 0 Å². The Kier molecular flexibility index (Phi) is 3.51. The Labute approximate surface area is 97.9 Å². The summed E-state index contributed by atoms with van der Waals surface area (Å²) in [4.78, 5) is 0. The average molecular weight is 224 g/mol. The molecule has 0 aliphatic rings. The summed E-state index contributed by atoms with van der Waals surface area (Å²) in [5.41, 5.74) is 1.29. The molecule has 0 fully saturated rings. The van der Waals surface area contributed by atoms with Gasteiger partial charge in [-0.15, -0.1) is 0 Å². The molecule has 1 unspecified atom stereocenters. The molecule has 0 aliphatic carbocycles. The van der Waals surface area contributed by atoms with E-state index >= 15 is 0 Å². The van der Waals surface area contributed by atoms with Crippen molar-refractivity contribution in [2.45, 2.75) is 38.7 Å². The van der Waals surface area contributed by atoms with Crippen molar-refractivity contribution in [1.82, 2.24) is 0 Å². The van der Waals surface area contributed by atoms with Crippen LogP contribution in [-0.2, 0) is 5.41 Å². The first-order valence-corrected chi connectivity index (χ1v) is 5.85. The maximum atomic E-state index is 10.3. The summed E-state index contributed by atoms with van der Waals surface area (Å²) >= 11 is 4.22. The highest BCUT2D eigenvalue weighted by Crippen LogP contribution is 2.35. The largest absolute Gasteiger partial charge is 0.388 e. The molecule has 2 heteroatoms. The first-order chi connectivity index (χ1) is 6.81. The quantitative estimate of drug-likeness (QED) is 0.756. The van der Waals surface area contributed by atoms with Crippen LogP contribution in [0.4, 0.5) is 0 Å². The highest BCUT2D eigenvalue weighted by Gasteiger charge is 2.39. The van der Waals surface area contributed by atoms with Crippen molar-refractivity contribution in [3.05, 3.63) is 35.4 Å². The van der Waals surface area contributed by atoms with Gasteiger partial charge in [0.15, 0.2) is 0 Å². The molecule has 1 atom stereocenters. The van der Waals surface area contributed by atoms with Gasteiger partial charge in [-0.2, -0.15) is 12.6 Å². The molecule has 1 N–H and O–H groups in total. The third kappa shape index (κ3) is 2.37. The Morgan fingerprint density at radius 3 is 2.00 bits per heavy atom. The van der Waals surface area contributed by atoms with E-state index in [1.165, 1.54) is 5.56 Å². The van der Waals surface area contributed by atoms with E-state index in [9.17, 15) is 5.11 Å². The van der Waals surface area contributed by atoms with Crippen molar-refractivity contribution in [1.29, 1.82) is 0 Å². The summed E-state index contributed by atoms with van der Waals surface area (Å²) in [6, 6.07) is 8.30. The third-order valence-corrected chi connectivity index (χ3v) is 4.04. The molecule has 0 amide bonds. The summed E-state index contributed by atoms with van der Waals surface area (Å²) in [6.07, 6.45) is 0. The lowest BCUT2D eigenvalue weighted by Gasteiger charge is -2.39. The lowest BCUT2D eigenvalue weighted by atomic mass is 9.72. The summed E-state index contributed by atoms with van der Waals surface area (Å²) in [7, 11) is 0. The monoisotopic (exact) mass is 224 g/mol. The Morgan fingerprint density at radius 2 is 1.60 bits per heavy atom. The SMILES string of the molecule is Cc1ccc(C(C)(C)C(C)(O)CS)cc1. The van der Waals surface area contributed by atoms with Gasteiger partial charge >= 0.3 is 0 Å². The molecule has 1 rings (SSSR count). The van der Waals surface area contributed by atoms with E-state index in [-0.39, 0.29) is 5.41 Å². The molecule has 0 saturated heterocycles. The lowest BCUT2D eigenvalue weighted by molar-refractivity contribution is 0.0147. The topological polar surface area (TPSA) is 20.2 Å². The molecule has 0 aromatic heterocycles. The van der Waals surface area contributed by atoms with Crippen molar-refractivity contribution in [2.24, 2.45) is 0 Å². The van der Waals surface area contributed by atoms with Gasteiger partial charge < -0.3 is 5.11 Å². The second kappa shape index (κ2) is 4.18. The molecule has 0 spiro atoms. The first kappa shape index (κ1) is 12.6. The van der Waals surface area contributed by atoms with Gasteiger partial charge in [-0.3, -0.25) is 0 Å². The fourth-order valence-electron chi connectivity index (χ4n) is 1.48. The van der Waals surface area contributed by atoms with E-state index in [0.717, 1.165) is 5.56 Å². The fourth-order valence-corrected chi connectivity index (χ4v) is 1.87. The Balaban J connectivity index is 3.10. The molecular weight excluding hydrogens is 204 g/mol. The van der Waals surface area contributed by atoms with Crippen molar-refractivity contribution < 1.29 is 5.11 Å². The summed E-state index contributed by atoms with van der Waals surface area (Å²) in [5.74, 6) is 0.452. The van der Waals surface area contributed by atoms with E-state index in [2.05, 4.69) is 43.8 Å². The number of benzene rings is 1. The highest BCUT2D eigenvalue weighted by atomic mass is 32.1. The van der Waals surface area contributed by atoms with Crippen LogP contribution in [0.2, 0.25) is 0 Å². The molecule has 0 heterocycles. The Morgan fingerprint density at radius 1 is 1.13 bits per heavy atom. The van der Waals surface area contributed by atoms with Gasteiger partial charge in [0, 0.05) is 11.2 Å².